The molecule has 3 aromatic carbocycles. The molecule has 0 saturated carbocycles. The van der Waals surface area contributed by atoms with Gasteiger partial charge in [-0.15, -0.1) is 0 Å². The molecule has 0 spiro atoms. The molecule has 4 aromatic rings. The SMILES string of the molecule is CS(=O)(=O)N[C@H](C/C=C/c1ccccc1)C(=O)N1C[C@H](OCc2ccc(Cl)cc2)C[C@H]1C(=O)N[C@@H](CCCCN)C(=O)c1nc2ccccc2o1. The first-order chi connectivity index (χ1) is 24.5. The van der Waals surface area contributed by atoms with E-state index in [0.29, 0.717) is 35.5 Å². The first-order valence-electron chi connectivity index (χ1n) is 16.8. The van der Waals surface area contributed by atoms with E-state index in [4.69, 9.17) is 26.5 Å². The first kappa shape index (κ1) is 37.8. The number of unbranched alkanes of at least 4 members (excludes halogenated alkanes) is 1. The van der Waals surface area contributed by atoms with Crippen LogP contribution in [0.4, 0.5) is 0 Å². The number of hydrogen-bond donors (Lipinski definition) is 3. The standard InChI is InChI=1S/C37H42ClN5O7S/c1-51(47,48)42-31(15-9-12-25-10-3-2-4-11-25)37(46)43-23-28(49-24-26-17-19-27(38)20-18-26)22-32(43)35(45)40-30(14-7-8-21-39)34(44)36-41-29-13-5-6-16-33(29)50-36/h2-6,9-13,16-20,28,30-32,42H,7-8,14-15,21-24,39H2,1H3,(H,40,45)/b12-9+/t28-,30+,31-,32+/m1/s1. The average Bonchev–Trinajstić information content (AvgIpc) is 3.75. The number of halogens is 1. The van der Waals surface area contributed by atoms with Crippen molar-refractivity contribution in [1.29, 1.82) is 0 Å². The number of ketones is 1. The van der Waals surface area contributed by atoms with E-state index >= 15 is 0 Å². The molecule has 1 aliphatic heterocycles. The number of amides is 2. The second kappa shape index (κ2) is 17.7. The summed E-state index contributed by atoms with van der Waals surface area (Å²) in [5, 5.41) is 3.43. The Morgan fingerprint density at radius 3 is 2.47 bits per heavy atom. The minimum atomic E-state index is -3.83. The summed E-state index contributed by atoms with van der Waals surface area (Å²) in [5.74, 6) is -1.83. The van der Waals surface area contributed by atoms with E-state index < -0.39 is 51.9 Å². The highest BCUT2D eigenvalue weighted by Crippen LogP contribution is 2.25. The van der Waals surface area contributed by atoms with Crippen LogP contribution in [0.15, 0.2) is 89.4 Å². The van der Waals surface area contributed by atoms with Crippen molar-refractivity contribution in [2.75, 3.05) is 19.3 Å². The molecule has 270 valence electrons. The van der Waals surface area contributed by atoms with E-state index in [1.807, 2.05) is 42.5 Å². The molecule has 14 heteroatoms. The van der Waals surface area contributed by atoms with Crippen LogP contribution in [0.3, 0.4) is 0 Å². The van der Waals surface area contributed by atoms with Crippen LogP contribution in [-0.2, 0) is 31.0 Å². The molecular formula is C37H42ClN5O7S. The predicted octanol–water partition coefficient (Wildman–Crippen LogP) is 4.49. The monoisotopic (exact) mass is 735 g/mol. The van der Waals surface area contributed by atoms with Crippen LogP contribution in [0.2, 0.25) is 5.02 Å². The van der Waals surface area contributed by atoms with Gasteiger partial charge in [0.1, 0.15) is 17.6 Å². The van der Waals surface area contributed by atoms with Crippen LogP contribution < -0.4 is 15.8 Å². The second-order valence-electron chi connectivity index (χ2n) is 12.5. The Balaban J connectivity index is 1.39. The number of hydrogen-bond acceptors (Lipinski definition) is 9. The number of aromatic nitrogens is 1. The highest BCUT2D eigenvalue weighted by Gasteiger charge is 2.43. The Bertz CT molecular complexity index is 1900. The predicted molar refractivity (Wildman–Crippen MR) is 195 cm³/mol. The average molecular weight is 736 g/mol. The lowest BCUT2D eigenvalue weighted by Gasteiger charge is -2.29. The van der Waals surface area contributed by atoms with Gasteiger partial charge in [-0.25, -0.2) is 18.1 Å². The summed E-state index contributed by atoms with van der Waals surface area (Å²) in [4.78, 5) is 47.7. The molecule has 51 heavy (non-hydrogen) atoms. The zero-order valence-corrected chi connectivity index (χ0v) is 29.8. The molecule has 0 unspecified atom stereocenters. The molecule has 2 heterocycles. The maximum atomic E-state index is 14.2. The van der Waals surface area contributed by atoms with Gasteiger partial charge in [-0.1, -0.05) is 78.4 Å². The number of sulfonamides is 1. The highest BCUT2D eigenvalue weighted by atomic mass is 35.5. The number of nitrogens with one attached hydrogen (secondary N) is 2. The first-order valence-corrected chi connectivity index (χ1v) is 19.0. The number of benzene rings is 3. The van der Waals surface area contributed by atoms with Crippen LogP contribution in [0.25, 0.3) is 17.2 Å². The fourth-order valence-corrected chi connectivity index (χ4v) is 6.76. The molecule has 1 fully saturated rings. The van der Waals surface area contributed by atoms with Crippen molar-refractivity contribution in [3.05, 3.63) is 107 Å². The quantitative estimate of drug-likeness (QED) is 0.104. The maximum absolute atomic E-state index is 14.2. The summed E-state index contributed by atoms with van der Waals surface area (Å²) in [6.07, 6.45) is 5.48. The topological polar surface area (TPSA) is 174 Å². The minimum Gasteiger partial charge on any atom is -0.434 e. The molecule has 0 radical (unpaired) electrons. The number of oxazole rings is 1. The molecule has 12 nitrogen and oxygen atoms in total. The fraction of sp³-hybridized carbons (Fsp3) is 0.351. The number of Topliss-reactive ketones (excluding diaryl/α,β-unsaturated/α-hetero) is 1. The van der Waals surface area contributed by atoms with Gasteiger partial charge in [0.15, 0.2) is 5.58 Å². The van der Waals surface area contributed by atoms with E-state index in [-0.39, 0.29) is 38.3 Å². The number of fused-ring (bicyclic) bond motifs is 1. The normalized spacial score (nSPS) is 17.5. The Kier molecular flexibility index (Phi) is 13.1. The van der Waals surface area contributed by atoms with Gasteiger partial charge in [0.2, 0.25) is 27.6 Å². The number of para-hydroxylation sites is 2. The van der Waals surface area contributed by atoms with Crippen LogP contribution >= 0.6 is 11.6 Å². The Morgan fingerprint density at radius 1 is 1.04 bits per heavy atom. The van der Waals surface area contributed by atoms with Gasteiger partial charge in [-0.3, -0.25) is 14.4 Å². The molecule has 4 atom stereocenters. The summed E-state index contributed by atoms with van der Waals surface area (Å²) >= 11 is 6.03. The Morgan fingerprint density at radius 2 is 1.76 bits per heavy atom. The smallest absolute Gasteiger partial charge is 0.266 e. The minimum absolute atomic E-state index is 0.0196. The van der Waals surface area contributed by atoms with E-state index in [1.165, 1.54) is 4.90 Å². The molecule has 1 saturated heterocycles. The number of nitrogens with zero attached hydrogens (tertiary/aromatic N) is 2. The number of carbonyl (C=O) groups excluding carboxylic acids is 3. The number of rotatable bonds is 17. The third kappa shape index (κ3) is 10.8. The molecule has 1 aliphatic rings. The van der Waals surface area contributed by atoms with Gasteiger partial charge in [0, 0.05) is 18.0 Å². The number of ether oxygens (including phenoxy) is 1. The van der Waals surface area contributed by atoms with Gasteiger partial charge >= 0.3 is 0 Å². The third-order valence-electron chi connectivity index (χ3n) is 8.47. The highest BCUT2D eigenvalue weighted by molar-refractivity contribution is 7.88. The third-order valence-corrected chi connectivity index (χ3v) is 9.43. The molecule has 1 aromatic heterocycles. The van der Waals surface area contributed by atoms with Crippen LogP contribution in [0, 0.1) is 0 Å². The van der Waals surface area contributed by atoms with E-state index in [9.17, 15) is 22.8 Å². The zero-order chi connectivity index (χ0) is 36.4. The maximum Gasteiger partial charge on any atom is 0.266 e. The molecule has 4 N–H and O–H groups in total. The summed E-state index contributed by atoms with van der Waals surface area (Å²) in [6.45, 7) is 0.620. The van der Waals surface area contributed by atoms with E-state index in [2.05, 4.69) is 15.0 Å². The second-order valence-corrected chi connectivity index (χ2v) is 14.7. The zero-order valence-electron chi connectivity index (χ0n) is 28.2. The summed E-state index contributed by atoms with van der Waals surface area (Å²) < 4.78 is 39.2. The molecular weight excluding hydrogens is 694 g/mol. The van der Waals surface area contributed by atoms with Gasteiger partial charge in [0.25, 0.3) is 5.89 Å². The number of likely N-dealkylation sites (tertiary alicyclic amines) is 1. The molecule has 0 bridgehead atoms. The Hall–Kier alpha value is -4.40. The largest absolute Gasteiger partial charge is 0.434 e. The lowest BCUT2D eigenvalue weighted by molar-refractivity contribution is -0.140. The van der Waals surface area contributed by atoms with Crippen molar-refractivity contribution in [3.63, 3.8) is 0 Å². The summed E-state index contributed by atoms with van der Waals surface area (Å²) in [7, 11) is -3.83. The molecule has 5 rings (SSSR count). The van der Waals surface area contributed by atoms with Crippen molar-refractivity contribution in [2.24, 2.45) is 5.73 Å². The van der Waals surface area contributed by atoms with Crippen molar-refractivity contribution < 1.29 is 32.0 Å². The van der Waals surface area contributed by atoms with Crippen molar-refractivity contribution in [1.82, 2.24) is 19.9 Å². The number of carbonyl (C=O) groups is 3. The Labute approximate surface area is 302 Å². The fourth-order valence-electron chi connectivity index (χ4n) is 5.92. The van der Waals surface area contributed by atoms with Gasteiger partial charge in [-0.2, -0.15) is 0 Å². The van der Waals surface area contributed by atoms with Gasteiger partial charge in [-0.05, 0) is 67.6 Å². The van der Waals surface area contributed by atoms with Crippen molar-refractivity contribution >= 4 is 56.4 Å². The summed E-state index contributed by atoms with van der Waals surface area (Å²) in [6, 6.07) is 20.2. The van der Waals surface area contributed by atoms with Crippen molar-refractivity contribution in [2.45, 2.75) is 62.9 Å². The lowest BCUT2D eigenvalue weighted by atomic mass is 10.0. The number of nitrogens with two attached hydrogens (primary N) is 1. The molecule has 2 amide bonds. The van der Waals surface area contributed by atoms with Gasteiger partial charge < -0.3 is 25.1 Å². The van der Waals surface area contributed by atoms with E-state index in [0.717, 1.165) is 17.4 Å². The lowest BCUT2D eigenvalue weighted by Crippen LogP contribution is -2.55. The van der Waals surface area contributed by atoms with E-state index in [1.54, 1.807) is 48.6 Å². The van der Waals surface area contributed by atoms with Crippen LogP contribution in [0.1, 0.15) is 53.9 Å². The van der Waals surface area contributed by atoms with Crippen LogP contribution in [0.5, 0.6) is 0 Å². The summed E-state index contributed by atoms with van der Waals surface area (Å²) in [5.41, 5.74) is 8.38. The van der Waals surface area contributed by atoms with Gasteiger partial charge in [0.05, 0.1) is 25.0 Å². The van der Waals surface area contributed by atoms with Crippen molar-refractivity contribution in [3.8, 4) is 0 Å². The van der Waals surface area contributed by atoms with Crippen LogP contribution in [-0.4, -0.2) is 79.5 Å². The molecule has 0 aliphatic carbocycles.